The predicted octanol–water partition coefficient (Wildman–Crippen LogP) is 2.22. The van der Waals surface area contributed by atoms with Crippen molar-refractivity contribution >= 4 is 28.8 Å². The maximum absolute atomic E-state index is 12.1. The number of hydrogen-bond donors (Lipinski definition) is 2. The van der Waals surface area contributed by atoms with Gasteiger partial charge in [0.25, 0.3) is 5.91 Å². The molecule has 0 saturated heterocycles. The standard InChI is InChI=1S/C15H14ClN5O/c16-11-3-4-14-20-13(10-21(14)9-11)15(22)19-7-6-18-12-2-1-5-17-8-12/h1-5,8-10,18H,6-7H2,(H,19,22). The number of fused-ring (bicyclic) bond motifs is 1. The van der Waals surface area contributed by atoms with Crippen LogP contribution < -0.4 is 10.6 Å². The Morgan fingerprint density at radius 1 is 1.23 bits per heavy atom. The average molecular weight is 316 g/mol. The zero-order valence-electron chi connectivity index (χ0n) is 11.7. The molecule has 2 N–H and O–H groups in total. The van der Waals surface area contributed by atoms with Gasteiger partial charge in [-0.25, -0.2) is 4.98 Å². The van der Waals surface area contributed by atoms with Gasteiger partial charge >= 0.3 is 0 Å². The van der Waals surface area contributed by atoms with Crippen molar-refractivity contribution in [2.45, 2.75) is 0 Å². The molecule has 0 aliphatic carbocycles. The normalized spacial score (nSPS) is 10.6. The van der Waals surface area contributed by atoms with Crippen LogP contribution in [0.15, 0.2) is 49.1 Å². The van der Waals surface area contributed by atoms with Gasteiger partial charge in [-0.1, -0.05) is 11.6 Å². The third kappa shape index (κ3) is 3.35. The van der Waals surface area contributed by atoms with Crippen LogP contribution in [-0.4, -0.2) is 33.4 Å². The van der Waals surface area contributed by atoms with E-state index in [0.29, 0.717) is 29.5 Å². The first kappa shape index (κ1) is 14.3. The summed E-state index contributed by atoms with van der Waals surface area (Å²) in [6.07, 6.45) is 6.81. The SMILES string of the molecule is O=C(NCCNc1cccnc1)c1cn2cc(Cl)ccc2n1. The minimum absolute atomic E-state index is 0.215. The maximum Gasteiger partial charge on any atom is 0.271 e. The summed E-state index contributed by atoms with van der Waals surface area (Å²) in [5, 5.41) is 6.57. The van der Waals surface area contributed by atoms with Crippen LogP contribution in [-0.2, 0) is 0 Å². The van der Waals surface area contributed by atoms with Gasteiger partial charge in [-0.3, -0.25) is 9.78 Å². The first-order valence-electron chi connectivity index (χ1n) is 6.79. The molecule has 6 nitrogen and oxygen atoms in total. The summed E-state index contributed by atoms with van der Waals surface area (Å²) in [6, 6.07) is 7.27. The molecule has 1 amide bonds. The van der Waals surface area contributed by atoms with Crippen LogP contribution in [0.25, 0.3) is 5.65 Å². The molecule has 3 aromatic rings. The molecule has 0 fully saturated rings. The van der Waals surface area contributed by atoms with Crippen LogP contribution in [0.4, 0.5) is 5.69 Å². The van der Waals surface area contributed by atoms with Gasteiger partial charge in [0.05, 0.1) is 10.7 Å². The summed E-state index contributed by atoms with van der Waals surface area (Å²) < 4.78 is 1.73. The van der Waals surface area contributed by atoms with Gasteiger partial charge in [-0.2, -0.15) is 0 Å². The molecule has 0 unspecified atom stereocenters. The second-order valence-electron chi connectivity index (χ2n) is 4.66. The zero-order valence-corrected chi connectivity index (χ0v) is 12.4. The molecule has 112 valence electrons. The minimum atomic E-state index is -0.215. The summed E-state index contributed by atoms with van der Waals surface area (Å²) in [5.74, 6) is -0.215. The summed E-state index contributed by atoms with van der Waals surface area (Å²) >= 11 is 5.91. The van der Waals surface area contributed by atoms with Crippen molar-refractivity contribution in [3.05, 3.63) is 59.8 Å². The lowest BCUT2D eigenvalue weighted by Crippen LogP contribution is -2.29. The Hall–Kier alpha value is -2.60. The van der Waals surface area contributed by atoms with E-state index in [0.717, 1.165) is 5.69 Å². The Labute approximate surface area is 132 Å². The number of carbonyl (C=O) groups is 1. The molecule has 0 atom stereocenters. The molecule has 0 spiro atoms. The number of anilines is 1. The Balaban J connectivity index is 1.54. The van der Waals surface area contributed by atoms with E-state index in [1.54, 1.807) is 41.3 Å². The fourth-order valence-electron chi connectivity index (χ4n) is 2.01. The highest BCUT2D eigenvalue weighted by Gasteiger charge is 2.10. The molecular formula is C15H14ClN5O. The summed E-state index contributed by atoms with van der Waals surface area (Å²) in [6.45, 7) is 1.10. The van der Waals surface area contributed by atoms with Crippen molar-refractivity contribution in [3.63, 3.8) is 0 Å². The van der Waals surface area contributed by atoms with Gasteiger partial charge in [-0.15, -0.1) is 0 Å². The maximum atomic E-state index is 12.1. The predicted molar refractivity (Wildman–Crippen MR) is 85.3 cm³/mol. The van der Waals surface area contributed by atoms with E-state index in [4.69, 9.17) is 11.6 Å². The number of rotatable bonds is 5. The van der Waals surface area contributed by atoms with E-state index in [1.807, 2.05) is 12.1 Å². The number of nitrogens with zero attached hydrogens (tertiary/aromatic N) is 3. The van der Waals surface area contributed by atoms with Crippen molar-refractivity contribution < 1.29 is 4.79 Å². The lowest BCUT2D eigenvalue weighted by atomic mass is 10.4. The Morgan fingerprint density at radius 2 is 2.14 bits per heavy atom. The highest BCUT2D eigenvalue weighted by molar-refractivity contribution is 6.30. The smallest absolute Gasteiger partial charge is 0.271 e. The number of imidazole rings is 1. The van der Waals surface area contributed by atoms with Gasteiger partial charge in [0.1, 0.15) is 11.3 Å². The van der Waals surface area contributed by atoms with Gasteiger partial charge < -0.3 is 15.0 Å². The lowest BCUT2D eigenvalue weighted by Gasteiger charge is -2.06. The van der Waals surface area contributed by atoms with Crippen molar-refractivity contribution in [2.75, 3.05) is 18.4 Å². The summed E-state index contributed by atoms with van der Waals surface area (Å²) in [5.41, 5.74) is 1.96. The van der Waals surface area contributed by atoms with Gasteiger partial charge in [0.2, 0.25) is 0 Å². The van der Waals surface area contributed by atoms with Crippen LogP contribution in [0.5, 0.6) is 0 Å². The Morgan fingerprint density at radius 3 is 2.95 bits per heavy atom. The highest BCUT2D eigenvalue weighted by Crippen LogP contribution is 2.11. The molecule has 0 radical (unpaired) electrons. The topological polar surface area (TPSA) is 71.3 Å². The number of aromatic nitrogens is 3. The van der Waals surface area contributed by atoms with E-state index in [-0.39, 0.29) is 5.91 Å². The van der Waals surface area contributed by atoms with Crippen LogP contribution in [0, 0.1) is 0 Å². The molecule has 0 aliphatic rings. The molecular weight excluding hydrogens is 302 g/mol. The van der Waals surface area contributed by atoms with Crippen LogP contribution in [0.1, 0.15) is 10.5 Å². The Kier molecular flexibility index (Phi) is 4.20. The highest BCUT2D eigenvalue weighted by atomic mass is 35.5. The summed E-state index contributed by atoms with van der Waals surface area (Å²) in [7, 11) is 0. The average Bonchev–Trinajstić information content (AvgIpc) is 2.95. The molecule has 3 heterocycles. The number of carbonyl (C=O) groups excluding carboxylic acids is 1. The molecule has 22 heavy (non-hydrogen) atoms. The second kappa shape index (κ2) is 6.44. The van der Waals surface area contributed by atoms with E-state index >= 15 is 0 Å². The monoisotopic (exact) mass is 315 g/mol. The molecule has 0 aromatic carbocycles. The van der Waals surface area contributed by atoms with E-state index in [9.17, 15) is 4.79 Å². The molecule has 0 bridgehead atoms. The fourth-order valence-corrected chi connectivity index (χ4v) is 2.18. The second-order valence-corrected chi connectivity index (χ2v) is 5.10. The lowest BCUT2D eigenvalue weighted by molar-refractivity contribution is 0.0951. The first-order valence-corrected chi connectivity index (χ1v) is 7.16. The van der Waals surface area contributed by atoms with Crippen LogP contribution >= 0.6 is 11.6 Å². The van der Waals surface area contributed by atoms with Crippen LogP contribution in [0.2, 0.25) is 5.02 Å². The minimum Gasteiger partial charge on any atom is -0.382 e. The Bertz CT molecular complexity index is 787. The van der Waals surface area contributed by atoms with E-state index < -0.39 is 0 Å². The largest absolute Gasteiger partial charge is 0.382 e. The number of halogens is 1. The third-order valence-electron chi connectivity index (χ3n) is 3.05. The van der Waals surface area contributed by atoms with Crippen molar-refractivity contribution in [2.24, 2.45) is 0 Å². The van der Waals surface area contributed by atoms with E-state index in [2.05, 4.69) is 20.6 Å². The van der Waals surface area contributed by atoms with Crippen molar-refractivity contribution in [3.8, 4) is 0 Å². The van der Waals surface area contributed by atoms with Crippen molar-refractivity contribution in [1.29, 1.82) is 0 Å². The quantitative estimate of drug-likeness (QED) is 0.708. The zero-order chi connectivity index (χ0) is 15.4. The number of pyridine rings is 2. The molecule has 0 saturated carbocycles. The first-order chi connectivity index (χ1) is 10.7. The number of nitrogens with one attached hydrogen (secondary N) is 2. The van der Waals surface area contributed by atoms with Crippen molar-refractivity contribution in [1.82, 2.24) is 19.7 Å². The number of amides is 1. The van der Waals surface area contributed by atoms with Gasteiger partial charge in [0.15, 0.2) is 0 Å². The fraction of sp³-hybridized carbons (Fsp3) is 0.133. The number of hydrogen-bond acceptors (Lipinski definition) is 4. The molecule has 0 aliphatic heterocycles. The van der Waals surface area contributed by atoms with Gasteiger partial charge in [-0.05, 0) is 24.3 Å². The molecule has 3 rings (SSSR count). The van der Waals surface area contributed by atoms with E-state index in [1.165, 1.54) is 0 Å². The van der Waals surface area contributed by atoms with Crippen LogP contribution in [0.3, 0.4) is 0 Å². The molecule has 7 heteroatoms. The molecule has 3 aromatic heterocycles. The third-order valence-corrected chi connectivity index (χ3v) is 3.27. The summed E-state index contributed by atoms with van der Waals surface area (Å²) in [4.78, 5) is 20.3. The van der Waals surface area contributed by atoms with Gasteiger partial charge in [0, 0.05) is 37.9 Å².